The van der Waals surface area contributed by atoms with E-state index in [0.717, 1.165) is 5.69 Å². The van der Waals surface area contributed by atoms with Crippen LogP contribution in [0.4, 0.5) is 0 Å². The number of ether oxygens (including phenoxy) is 2. The van der Waals surface area contributed by atoms with Crippen molar-refractivity contribution in [1.82, 2.24) is 9.78 Å². The monoisotopic (exact) mass is 347 g/mol. The number of aromatic nitrogens is 2. The van der Waals surface area contributed by atoms with Crippen molar-refractivity contribution in [3.05, 3.63) is 65.5 Å². The van der Waals surface area contributed by atoms with Gasteiger partial charge in [-0.15, -0.1) is 0 Å². The van der Waals surface area contributed by atoms with Crippen LogP contribution in [0.5, 0.6) is 0 Å². The molecule has 1 aromatic heterocycles. The van der Waals surface area contributed by atoms with Gasteiger partial charge in [-0.1, -0.05) is 6.07 Å². The fraction of sp³-hybridized carbons (Fsp3) is 0.150. The molecular formula is C20H17N3O3. The van der Waals surface area contributed by atoms with Gasteiger partial charge >= 0.3 is 5.97 Å². The van der Waals surface area contributed by atoms with Crippen molar-refractivity contribution in [1.29, 1.82) is 5.26 Å². The minimum atomic E-state index is -0.430. The first-order valence-corrected chi connectivity index (χ1v) is 8.08. The Hall–Kier alpha value is -3.59. The highest BCUT2D eigenvalue weighted by Gasteiger charge is 2.18. The molecule has 0 aliphatic rings. The van der Waals surface area contributed by atoms with Crippen molar-refractivity contribution in [3.8, 4) is 11.8 Å². The van der Waals surface area contributed by atoms with E-state index >= 15 is 0 Å². The lowest BCUT2D eigenvalue weighted by Gasteiger charge is -2.06. The van der Waals surface area contributed by atoms with Gasteiger partial charge in [0.15, 0.2) is 0 Å². The lowest BCUT2D eigenvalue weighted by Crippen LogP contribution is -2.03. The minimum Gasteiger partial charge on any atom is -0.501 e. The summed E-state index contributed by atoms with van der Waals surface area (Å²) in [5, 5.41) is 14.3. The summed E-state index contributed by atoms with van der Waals surface area (Å²) in [5.74, 6) is -0.430. The molecule has 0 aliphatic carbocycles. The molecule has 6 heteroatoms. The molecule has 0 amide bonds. The van der Waals surface area contributed by atoms with E-state index in [-0.39, 0.29) is 0 Å². The van der Waals surface area contributed by atoms with Crippen molar-refractivity contribution < 1.29 is 14.3 Å². The fourth-order valence-corrected chi connectivity index (χ4v) is 2.68. The van der Waals surface area contributed by atoms with Crippen molar-refractivity contribution in [3.63, 3.8) is 0 Å². The number of esters is 1. The number of benzene rings is 2. The maximum atomic E-state index is 12.2. The summed E-state index contributed by atoms with van der Waals surface area (Å²) in [6.07, 6.45) is 3.34. The third-order valence-corrected chi connectivity index (χ3v) is 3.87. The van der Waals surface area contributed by atoms with E-state index in [1.807, 2.05) is 13.0 Å². The molecule has 130 valence electrons. The topological polar surface area (TPSA) is 77.1 Å². The average molecular weight is 347 g/mol. The average Bonchev–Trinajstić information content (AvgIpc) is 3.06. The molecule has 0 radical (unpaired) electrons. The van der Waals surface area contributed by atoms with Gasteiger partial charge in [0.1, 0.15) is 0 Å². The molecule has 0 saturated heterocycles. The predicted octanol–water partition coefficient (Wildman–Crippen LogP) is 3.69. The Balaban J connectivity index is 2.26. The van der Waals surface area contributed by atoms with Gasteiger partial charge < -0.3 is 9.47 Å². The van der Waals surface area contributed by atoms with Crippen LogP contribution in [0.1, 0.15) is 28.5 Å². The highest BCUT2D eigenvalue weighted by atomic mass is 16.5. The Morgan fingerprint density at radius 2 is 2.04 bits per heavy atom. The van der Waals surface area contributed by atoms with E-state index in [0.29, 0.717) is 34.3 Å². The number of rotatable bonds is 5. The van der Waals surface area contributed by atoms with Crippen LogP contribution in [-0.2, 0) is 9.47 Å². The van der Waals surface area contributed by atoms with Gasteiger partial charge in [0.25, 0.3) is 0 Å². The summed E-state index contributed by atoms with van der Waals surface area (Å²) >= 11 is 0. The van der Waals surface area contributed by atoms with Crippen LogP contribution < -0.4 is 0 Å². The van der Waals surface area contributed by atoms with E-state index < -0.39 is 5.97 Å². The quantitative estimate of drug-likeness (QED) is 0.519. The summed E-state index contributed by atoms with van der Waals surface area (Å²) in [6.45, 7) is 2.42. The number of carbonyl (C=O) groups is 1. The van der Waals surface area contributed by atoms with Crippen LogP contribution in [-0.4, -0.2) is 29.5 Å². The molecule has 2 aromatic carbocycles. The van der Waals surface area contributed by atoms with Crippen LogP contribution in [0.3, 0.4) is 0 Å². The fourth-order valence-electron chi connectivity index (χ4n) is 2.68. The van der Waals surface area contributed by atoms with Crippen LogP contribution in [0, 0.1) is 11.3 Å². The molecule has 0 spiro atoms. The first-order valence-electron chi connectivity index (χ1n) is 8.08. The van der Waals surface area contributed by atoms with E-state index in [1.165, 1.54) is 7.11 Å². The standard InChI is InChI=1S/C20H17N3O3/c1-3-26-12-11-18-19-16(20(24)25-2)5-4-6-17(19)22-23(18)15-9-7-14(13-21)8-10-15/h4-12H,3H2,1-2H3/b12-11-. The SMILES string of the molecule is CCO/C=C\c1c2c(C(=O)OC)cccc2nn1-c1ccc(C#N)cc1. The summed E-state index contributed by atoms with van der Waals surface area (Å²) in [6, 6.07) is 14.5. The van der Waals surface area contributed by atoms with Crippen LogP contribution in [0.15, 0.2) is 48.7 Å². The largest absolute Gasteiger partial charge is 0.501 e. The number of hydrogen-bond acceptors (Lipinski definition) is 5. The summed E-state index contributed by atoms with van der Waals surface area (Å²) in [5.41, 5.74) is 3.12. The second-order valence-electron chi connectivity index (χ2n) is 5.41. The van der Waals surface area contributed by atoms with Gasteiger partial charge in [0.2, 0.25) is 0 Å². The molecule has 1 heterocycles. The Kier molecular flexibility index (Phi) is 4.99. The van der Waals surface area contributed by atoms with E-state index in [1.54, 1.807) is 53.4 Å². The Morgan fingerprint density at radius 1 is 1.27 bits per heavy atom. The van der Waals surface area contributed by atoms with Gasteiger partial charge in [-0.05, 0) is 49.4 Å². The van der Waals surface area contributed by atoms with Gasteiger partial charge in [0, 0.05) is 5.39 Å². The molecule has 0 N–H and O–H groups in total. The highest BCUT2D eigenvalue weighted by Crippen LogP contribution is 2.27. The van der Waals surface area contributed by atoms with E-state index in [4.69, 9.17) is 14.7 Å². The Labute approximate surface area is 150 Å². The number of methoxy groups -OCH3 is 1. The zero-order valence-corrected chi connectivity index (χ0v) is 14.5. The maximum Gasteiger partial charge on any atom is 0.338 e. The first-order chi connectivity index (χ1) is 12.7. The molecular weight excluding hydrogens is 330 g/mol. The molecule has 3 aromatic rings. The maximum absolute atomic E-state index is 12.2. The molecule has 26 heavy (non-hydrogen) atoms. The Morgan fingerprint density at radius 3 is 2.69 bits per heavy atom. The normalized spacial score (nSPS) is 10.8. The second kappa shape index (κ2) is 7.53. The van der Waals surface area contributed by atoms with Crippen molar-refractivity contribution >= 4 is 22.9 Å². The highest BCUT2D eigenvalue weighted by molar-refractivity contribution is 6.06. The van der Waals surface area contributed by atoms with Gasteiger partial charge in [-0.3, -0.25) is 0 Å². The molecule has 0 fully saturated rings. The lowest BCUT2D eigenvalue weighted by molar-refractivity contribution is 0.0603. The zero-order chi connectivity index (χ0) is 18.5. The second-order valence-corrected chi connectivity index (χ2v) is 5.41. The van der Waals surface area contributed by atoms with Gasteiger partial charge in [-0.25, -0.2) is 9.48 Å². The third-order valence-electron chi connectivity index (χ3n) is 3.87. The number of carbonyl (C=O) groups excluding carboxylic acids is 1. The lowest BCUT2D eigenvalue weighted by atomic mass is 10.1. The number of hydrogen-bond donors (Lipinski definition) is 0. The van der Waals surface area contributed by atoms with Gasteiger partial charge in [0.05, 0.1) is 54.1 Å². The minimum absolute atomic E-state index is 0.430. The van der Waals surface area contributed by atoms with Crippen LogP contribution >= 0.6 is 0 Å². The molecule has 0 saturated carbocycles. The van der Waals surface area contributed by atoms with Gasteiger partial charge in [-0.2, -0.15) is 10.4 Å². The molecule has 0 atom stereocenters. The number of fused-ring (bicyclic) bond motifs is 1. The molecule has 0 aliphatic heterocycles. The zero-order valence-electron chi connectivity index (χ0n) is 14.5. The summed E-state index contributed by atoms with van der Waals surface area (Å²) in [4.78, 5) is 12.2. The van der Waals surface area contributed by atoms with Crippen molar-refractivity contribution in [2.75, 3.05) is 13.7 Å². The number of nitrogens with zero attached hydrogens (tertiary/aromatic N) is 3. The predicted molar refractivity (Wildman–Crippen MR) is 97.8 cm³/mol. The first kappa shape index (κ1) is 17.2. The molecule has 0 bridgehead atoms. The van der Waals surface area contributed by atoms with Crippen molar-refractivity contribution in [2.45, 2.75) is 6.92 Å². The van der Waals surface area contributed by atoms with E-state index in [9.17, 15) is 4.79 Å². The molecule has 6 nitrogen and oxygen atoms in total. The summed E-state index contributed by atoms with van der Waals surface area (Å²) < 4.78 is 11.9. The summed E-state index contributed by atoms with van der Waals surface area (Å²) in [7, 11) is 1.35. The third kappa shape index (κ3) is 3.15. The van der Waals surface area contributed by atoms with Crippen LogP contribution in [0.2, 0.25) is 0 Å². The Bertz CT molecular complexity index is 1010. The van der Waals surface area contributed by atoms with E-state index in [2.05, 4.69) is 11.2 Å². The van der Waals surface area contributed by atoms with Crippen LogP contribution in [0.25, 0.3) is 22.7 Å². The smallest absolute Gasteiger partial charge is 0.338 e. The van der Waals surface area contributed by atoms with Crippen molar-refractivity contribution in [2.24, 2.45) is 0 Å². The molecule has 0 unspecified atom stereocenters. The molecule has 3 rings (SSSR count). The number of nitriles is 1.